The second kappa shape index (κ2) is 4.75. The maximum Gasteiger partial charge on any atom is 0.120 e. The zero-order valence-electron chi connectivity index (χ0n) is 8.68. The third kappa shape index (κ3) is 2.67. The molecule has 2 rings (SSSR count). The first-order chi connectivity index (χ1) is 7.36. The van der Waals surface area contributed by atoms with Gasteiger partial charge in [0.05, 0.1) is 12.3 Å². The normalized spacial score (nSPS) is 12.6. The topological polar surface area (TPSA) is 38.1 Å². The summed E-state index contributed by atoms with van der Waals surface area (Å²) in [7, 11) is 0. The molecule has 2 aromatic rings. The number of pyridine rings is 1. The maximum atomic E-state index is 5.31. The lowest BCUT2D eigenvalue weighted by molar-refractivity contribution is 0.430. The minimum Gasteiger partial charge on any atom is -0.468 e. The van der Waals surface area contributed by atoms with Crippen LogP contribution in [0.5, 0.6) is 0 Å². The summed E-state index contributed by atoms with van der Waals surface area (Å²) in [5, 5.41) is 3.37. The Morgan fingerprint density at radius 1 is 1.40 bits per heavy atom. The van der Waals surface area contributed by atoms with Gasteiger partial charge >= 0.3 is 0 Å². The number of rotatable bonds is 4. The first-order valence-electron chi connectivity index (χ1n) is 5.02. The summed E-state index contributed by atoms with van der Waals surface area (Å²) < 4.78 is 5.31. The number of hydrogen-bond acceptors (Lipinski definition) is 3. The van der Waals surface area contributed by atoms with Crippen molar-refractivity contribution in [3.63, 3.8) is 0 Å². The fourth-order valence-electron chi connectivity index (χ4n) is 1.41. The van der Waals surface area contributed by atoms with Crippen molar-refractivity contribution in [2.75, 3.05) is 0 Å². The Kier molecular flexibility index (Phi) is 3.15. The molecule has 0 radical (unpaired) electrons. The average molecular weight is 202 g/mol. The van der Waals surface area contributed by atoms with Gasteiger partial charge in [-0.2, -0.15) is 0 Å². The molecule has 0 fully saturated rings. The first-order valence-corrected chi connectivity index (χ1v) is 5.02. The van der Waals surface area contributed by atoms with Crippen molar-refractivity contribution < 1.29 is 4.42 Å². The van der Waals surface area contributed by atoms with Crippen molar-refractivity contribution in [3.05, 3.63) is 54.2 Å². The molecule has 3 heteroatoms. The second-order valence-electron chi connectivity index (χ2n) is 3.48. The monoisotopic (exact) mass is 202 g/mol. The quantitative estimate of drug-likeness (QED) is 0.827. The Morgan fingerprint density at radius 3 is 3.00 bits per heavy atom. The van der Waals surface area contributed by atoms with E-state index in [1.807, 2.05) is 24.4 Å². The molecule has 0 aliphatic heterocycles. The maximum absolute atomic E-state index is 5.31. The minimum atomic E-state index is 0.222. The van der Waals surface area contributed by atoms with Crippen molar-refractivity contribution in [2.45, 2.75) is 19.5 Å². The van der Waals surface area contributed by atoms with Crippen molar-refractivity contribution in [1.82, 2.24) is 10.3 Å². The van der Waals surface area contributed by atoms with E-state index in [1.165, 1.54) is 5.56 Å². The molecule has 0 amide bonds. The van der Waals surface area contributed by atoms with E-state index < -0.39 is 0 Å². The number of furan rings is 1. The van der Waals surface area contributed by atoms with E-state index in [0.29, 0.717) is 0 Å². The molecule has 78 valence electrons. The Hall–Kier alpha value is -1.61. The zero-order chi connectivity index (χ0) is 10.5. The van der Waals surface area contributed by atoms with Gasteiger partial charge in [-0.1, -0.05) is 6.07 Å². The van der Waals surface area contributed by atoms with E-state index in [-0.39, 0.29) is 6.04 Å². The van der Waals surface area contributed by atoms with Crippen molar-refractivity contribution in [1.29, 1.82) is 0 Å². The molecule has 15 heavy (non-hydrogen) atoms. The largest absolute Gasteiger partial charge is 0.468 e. The fourth-order valence-corrected chi connectivity index (χ4v) is 1.41. The fraction of sp³-hybridized carbons (Fsp3) is 0.250. The molecule has 0 saturated heterocycles. The summed E-state index contributed by atoms with van der Waals surface area (Å²) in [5.74, 6) is 0.957. The van der Waals surface area contributed by atoms with Crippen LogP contribution in [0.4, 0.5) is 0 Å². The molecule has 0 bridgehead atoms. The Morgan fingerprint density at radius 2 is 2.33 bits per heavy atom. The number of nitrogens with one attached hydrogen (secondary N) is 1. The summed E-state index contributed by atoms with van der Waals surface area (Å²) in [4.78, 5) is 4.06. The van der Waals surface area contributed by atoms with Crippen molar-refractivity contribution in [2.24, 2.45) is 0 Å². The lowest BCUT2D eigenvalue weighted by atomic mass is 10.2. The van der Waals surface area contributed by atoms with Gasteiger partial charge in [0, 0.05) is 18.9 Å². The van der Waals surface area contributed by atoms with E-state index >= 15 is 0 Å². The van der Waals surface area contributed by atoms with Crippen LogP contribution in [0.3, 0.4) is 0 Å². The van der Waals surface area contributed by atoms with Crippen LogP contribution in [-0.2, 0) is 6.54 Å². The SMILES string of the molecule is CC(NCc1cccnc1)c1ccco1. The number of nitrogens with zero attached hydrogens (tertiary/aromatic N) is 1. The molecule has 1 N–H and O–H groups in total. The highest BCUT2D eigenvalue weighted by Gasteiger charge is 2.06. The predicted octanol–water partition coefficient (Wildman–Crippen LogP) is 2.53. The second-order valence-corrected chi connectivity index (χ2v) is 3.48. The summed E-state index contributed by atoms with van der Waals surface area (Å²) in [6.45, 7) is 2.88. The number of hydrogen-bond donors (Lipinski definition) is 1. The molecule has 1 unspecified atom stereocenters. The highest BCUT2D eigenvalue weighted by atomic mass is 16.3. The van der Waals surface area contributed by atoms with E-state index in [1.54, 1.807) is 12.5 Å². The molecule has 0 saturated carbocycles. The van der Waals surface area contributed by atoms with E-state index in [2.05, 4.69) is 23.3 Å². The van der Waals surface area contributed by atoms with Gasteiger partial charge in [0.15, 0.2) is 0 Å². The Balaban J connectivity index is 1.89. The molecule has 3 nitrogen and oxygen atoms in total. The third-order valence-electron chi connectivity index (χ3n) is 2.31. The lowest BCUT2D eigenvalue weighted by Gasteiger charge is -2.10. The molecule has 1 atom stereocenters. The summed E-state index contributed by atoms with van der Waals surface area (Å²) in [5.41, 5.74) is 1.18. The standard InChI is InChI=1S/C12H14N2O/c1-10(12-5-3-7-15-12)14-9-11-4-2-6-13-8-11/h2-8,10,14H,9H2,1H3. The molecule has 0 aromatic carbocycles. The molecule has 0 aliphatic rings. The van der Waals surface area contributed by atoms with E-state index in [0.717, 1.165) is 12.3 Å². The molecular formula is C12H14N2O. The molecule has 0 spiro atoms. The summed E-state index contributed by atoms with van der Waals surface area (Å²) >= 11 is 0. The van der Waals surface area contributed by atoms with Crippen LogP contribution < -0.4 is 5.32 Å². The van der Waals surface area contributed by atoms with Crippen LogP contribution in [0.15, 0.2) is 47.3 Å². The molecule has 0 aliphatic carbocycles. The van der Waals surface area contributed by atoms with Crippen molar-refractivity contribution in [3.8, 4) is 0 Å². The molecular weight excluding hydrogens is 188 g/mol. The highest BCUT2D eigenvalue weighted by molar-refractivity contribution is 5.09. The van der Waals surface area contributed by atoms with Gasteiger partial charge in [0.1, 0.15) is 5.76 Å². The van der Waals surface area contributed by atoms with Crippen LogP contribution in [0.1, 0.15) is 24.3 Å². The summed E-state index contributed by atoms with van der Waals surface area (Å²) in [6.07, 6.45) is 5.33. The predicted molar refractivity (Wildman–Crippen MR) is 58.2 cm³/mol. The van der Waals surface area contributed by atoms with Crippen LogP contribution in [0.2, 0.25) is 0 Å². The van der Waals surface area contributed by atoms with Crippen LogP contribution in [0.25, 0.3) is 0 Å². The first kappa shape index (κ1) is 9.93. The smallest absolute Gasteiger partial charge is 0.120 e. The van der Waals surface area contributed by atoms with Crippen molar-refractivity contribution >= 4 is 0 Å². The van der Waals surface area contributed by atoms with Gasteiger partial charge in [-0.25, -0.2) is 0 Å². The third-order valence-corrected chi connectivity index (χ3v) is 2.31. The van der Waals surface area contributed by atoms with Gasteiger partial charge in [0.25, 0.3) is 0 Å². The van der Waals surface area contributed by atoms with Gasteiger partial charge < -0.3 is 9.73 Å². The zero-order valence-corrected chi connectivity index (χ0v) is 8.68. The highest BCUT2D eigenvalue weighted by Crippen LogP contribution is 2.12. The van der Waals surface area contributed by atoms with Crippen LogP contribution >= 0.6 is 0 Å². The Labute approximate surface area is 89.1 Å². The van der Waals surface area contributed by atoms with Gasteiger partial charge in [-0.3, -0.25) is 4.98 Å². The van der Waals surface area contributed by atoms with E-state index in [9.17, 15) is 0 Å². The Bertz CT molecular complexity index is 383. The van der Waals surface area contributed by atoms with E-state index in [4.69, 9.17) is 4.42 Å². The van der Waals surface area contributed by atoms with Gasteiger partial charge in [-0.05, 0) is 30.7 Å². The lowest BCUT2D eigenvalue weighted by Crippen LogP contribution is -2.17. The van der Waals surface area contributed by atoms with Gasteiger partial charge in [-0.15, -0.1) is 0 Å². The van der Waals surface area contributed by atoms with Crippen LogP contribution in [-0.4, -0.2) is 4.98 Å². The minimum absolute atomic E-state index is 0.222. The van der Waals surface area contributed by atoms with Gasteiger partial charge in [0.2, 0.25) is 0 Å². The number of aromatic nitrogens is 1. The average Bonchev–Trinajstić information content (AvgIpc) is 2.81. The summed E-state index contributed by atoms with van der Waals surface area (Å²) in [6, 6.07) is 8.09. The molecule has 2 aromatic heterocycles. The molecule has 2 heterocycles. The van der Waals surface area contributed by atoms with Crippen LogP contribution in [0, 0.1) is 0 Å².